The highest BCUT2D eigenvalue weighted by atomic mass is 16.2. The standard InChI is InChI=1S/C22H19N3O2/c1-15(16-7-6-12-23-13-16)24-21(26)14-25-19-10-4-2-8-17(19)22(27)18-9-3-5-11-20(18)25/h2-13,15H,14H2,1H3,(H,24,26). The second-order valence-electron chi connectivity index (χ2n) is 6.53. The Hall–Kier alpha value is -3.47. The molecule has 2 aromatic carbocycles. The van der Waals surface area contributed by atoms with Crippen molar-refractivity contribution in [2.45, 2.75) is 19.5 Å². The summed E-state index contributed by atoms with van der Waals surface area (Å²) in [4.78, 5) is 29.6. The predicted molar refractivity (Wildman–Crippen MR) is 107 cm³/mol. The van der Waals surface area contributed by atoms with Crippen molar-refractivity contribution in [3.05, 3.63) is 88.8 Å². The molecule has 2 heterocycles. The Bertz CT molecular complexity index is 1120. The highest BCUT2D eigenvalue weighted by Crippen LogP contribution is 2.19. The molecule has 4 aromatic rings. The number of pyridine rings is 2. The van der Waals surface area contributed by atoms with Crippen molar-refractivity contribution < 1.29 is 4.79 Å². The van der Waals surface area contributed by atoms with Crippen LogP contribution in [-0.2, 0) is 11.3 Å². The van der Waals surface area contributed by atoms with Crippen LogP contribution in [0.5, 0.6) is 0 Å². The largest absolute Gasteiger partial charge is 0.348 e. The molecule has 2 aromatic heterocycles. The zero-order valence-corrected chi connectivity index (χ0v) is 14.9. The lowest BCUT2D eigenvalue weighted by atomic mass is 10.1. The van der Waals surface area contributed by atoms with Crippen LogP contribution in [0.1, 0.15) is 18.5 Å². The van der Waals surface area contributed by atoms with Gasteiger partial charge in [-0.2, -0.15) is 0 Å². The summed E-state index contributed by atoms with van der Waals surface area (Å²) in [6.07, 6.45) is 3.45. The summed E-state index contributed by atoms with van der Waals surface area (Å²) < 4.78 is 1.90. The topological polar surface area (TPSA) is 64.0 Å². The fourth-order valence-electron chi connectivity index (χ4n) is 3.39. The number of aromatic nitrogens is 2. The number of amides is 1. The molecule has 1 N–H and O–H groups in total. The molecule has 27 heavy (non-hydrogen) atoms. The fourth-order valence-corrected chi connectivity index (χ4v) is 3.39. The second kappa shape index (κ2) is 7.03. The summed E-state index contributed by atoms with van der Waals surface area (Å²) in [5.74, 6) is -0.120. The first kappa shape index (κ1) is 17.0. The number of carbonyl (C=O) groups is 1. The van der Waals surface area contributed by atoms with E-state index in [9.17, 15) is 9.59 Å². The lowest BCUT2D eigenvalue weighted by Crippen LogP contribution is -2.30. The van der Waals surface area contributed by atoms with Crippen molar-refractivity contribution in [1.82, 2.24) is 14.9 Å². The van der Waals surface area contributed by atoms with E-state index in [-0.39, 0.29) is 23.9 Å². The number of para-hydroxylation sites is 2. The fraction of sp³-hybridized carbons (Fsp3) is 0.136. The maximum atomic E-state index is 12.8. The number of nitrogens with zero attached hydrogens (tertiary/aromatic N) is 2. The maximum Gasteiger partial charge on any atom is 0.240 e. The Labute approximate surface area is 156 Å². The van der Waals surface area contributed by atoms with Crippen molar-refractivity contribution in [1.29, 1.82) is 0 Å². The molecular weight excluding hydrogens is 338 g/mol. The van der Waals surface area contributed by atoms with E-state index < -0.39 is 0 Å². The van der Waals surface area contributed by atoms with E-state index in [0.29, 0.717) is 10.8 Å². The number of benzene rings is 2. The van der Waals surface area contributed by atoms with Crippen LogP contribution in [0.4, 0.5) is 0 Å². The second-order valence-corrected chi connectivity index (χ2v) is 6.53. The molecule has 0 aliphatic rings. The normalized spacial score (nSPS) is 12.2. The molecule has 0 aliphatic heterocycles. The first-order valence-electron chi connectivity index (χ1n) is 8.85. The first-order valence-corrected chi connectivity index (χ1v) is 8.85. The summed E-state index contributed by atoms with van der Waals surface area (Å²) in [5.41, 5.74) is 2.44. The van der Waals surface area contributed by atoms with Gasteiger partial charge in [0.05, 0.1) is 17.1 Å². The number of hydrogen-bond donors (Lipinski definition) is 1. The molecule has 1 unspecified atom stereocenters. The van der Waals surface area contributed by atoms with Crippen LogP contribution >= 0.6 is 0 Å². The third-order valence-electron chi connectivity index (χ3n) is 4.74. The highest BCUT2D eigenvalue weighted by molar-refractivity contribution is 5.94. The van der Waals surface area contributed by atoms with Crippen LogP contribution in [0.25, 0.3) is 21.8 Å². The van der Waals surface area contributed by atoms with E-state index in [1.165, 1.54) is 0 Å². The molecule has 0 bridgehead atoms. The summed E-state index contributed by atoms with van der Waals surface area (Å²) >= 11 is 0. The minimum absolute atomic E-state index is 0.0124. The third kappa shape index (κ3) is 3.19. The van der Waals surface area contributed by atoms with Crippen LogP contribution in [0, 0.1) is 0 Å². The number of carbonyl (C=O) groups excluding carboxylic acids is 1. The van der Waals surface area contributed by atoms with Gasteiger partial charge in [-0.05, 0) is 42.8 Å². The van der Waals surface area contributed by atoms with Crippen LogP contribution in [0.15, 0.2) is 77.9 Å². The molecule has 0 saturated carbocycles. The Morgan fingerprint density at radius 2 is 1.63 bits per heavy atom. The molecule has 0 saturated heterocycles. The molecule has 4 rings (SSSR count). The van der Waals surface area contributed by atoms with Crippen molar-refractivity contribution >= 4 is 27.7 Å². The van der Waals surface area contributed by atoms with Gasteiger partial charge in [0, 0.05) is 23.2 Å². The quantitative estimate of drug-likeness (QED) is 0.569. The number of rotatable bonds is 4. The monoisotopic (exact) mass is 357 g/mol. The smallest absolute Gasteiger partial charge is 0.240 e. The van der Waals surface area contributed by atoms with E-state index in [1.54, 1.807) is 24.5 Å². The summed E-state index contributed by atoms with van der Waals surface area (Å²) in [6.45, 7) is 2.06. The van der Waals surface area contributed by atoms with Gasteiger partial charge in [0.2, 0.25) is 5.91 Å². The summed E-state index contributed by atoms with van der Waals surface area (Å²) in [7, 11) is 0. The SMILES string of the molecule is CC(NC(=O)Cn1c2ccccc2c(=O)c2ccccc21)c1cccnc1. The maximum absolute atomic E-state index is 12.8. The van der Waals surface area contributed by atoms with Gasteiger partial charge in [0.15, 0.2) is 5.43 Å². The van der Waals surface area contributed by atoms with Crippen LogP contribution < -0.4 is 10.7 Å². The van der Waals surface area contributed by atoms with E-state index >= 15 is 0 Å². The van der Waals surface area contributed by atoms with Gasteiger partial charge in [-0.15, -0.1) is 0 Å². The Morgan fingerprint density at radius 1 is 1.00 bits per heavy atom. The van der Waals surface area contributed by atoms with Gasteiger partial charge in [0.25, 0.3) is 0 Å². The molecule has 0 aliphatic carbocycles. The first-order chi connectivity index (χ1) is 13.1. The van der Waals surface area contributed by atoms with Crippen LogP contribution in [0.3, 0.4) is 0 Å². The van der Waals surface area contributed by atoms with Crippen LogP contribution in [-0.4, -0.2) is 15.5 Å². The average molecular weight is 357 g/mol. The van der Waals surface area contributed by atoms with E-state index in [2.05, 4.69) is 10.3 Å². The minimum Gasteiger partial charge on any atom is -0.348 e. The van der Waals surface area contributed by atoms with Crippen molar-refractivity contribution in [3.63, 3.8) is 0 Å². The Morgan fingerprint density at radius 3 is 2.22 bits per heavy atom. The lowest BCUT2D eigenvalue weighted by molar-refractivity contribution is -0.122. The molecule has 0 spiro atoms. The Balaban J connectivity index is 1.73. The Kier molecular flexibility index (Phi) is 4.42. The van der Waals surface area contributed by atoms with Crippen molar-refractivity contribution in [3.8, 4) is 0 Å². The van der Waals surface area contributed by atoms with E-state index in [4.69, 9.17) is 0 Å². The average Bonchev–Trinajstić information content (AvgIpc) is 2.72. The van der Waals surface area contributed by atoms with Gasteiger partial charge in [-0.25, -0.2) is 0 Å². The van der Waals surface area contributed by atoms with Gasteiger partial charge in [-0.3, -0.25) is 14.6 Å². The number of hydrogen-bond acceptors (Lipinski definition) is 3. The number of nitrogens with one attached hydrogen (secondary N) is 1. The predicted octanol–water partition coefficient (Wildman–Crippen LogP) is 3.43. The summed E-state index contributed by atoms with van der Waals surface area (Å²) in [5, 5.41) is 4.24. The van der Waals surface area contributed by atoms with Crippen LogP contribution in [0.2, 0.25) is 0 Å². The summed E-state index contributed by atoms with van der Waals surface area (Å²) in [6, 6.07) is 18.4. The third-order valence-corrected chi connectivity index (χ3v) is 4.74. The molecule has 134 valence electrons. The zero-order chi connectivity index (χ0) is 18.8. The van der Waals surface area contributed by atoms with Crippen molar-refractivity contribution in [2.24, 2.45) is 0 Å². The highest BCUT2D eigenvalue weighted by Gasteiger charge is 2.14. The van der Waals surface area contributed by atoms with Crippen molar-refractivity contribution in [2.75, 3.05) is 0 Å². The molecule has 0 radical (unpaired) electrons. The number of fused-ring (bicyclic) bond motifs is 2. The van der Waals surface area contributed by atoms with Gasteiger partial charge >= 0.3 is 0 Å². The zero-order valence-electron chi connectivity index (χ0n) is 14.9. The lowest BCUT2D eigenvalue weighted by Gasteiger charge is -2.18. The van der Waals surface area contributed by atoms with Gasteiger partial charge in [0.1, 0.15) is 6.54 Å². The van der Waals surface area contributed by atoms with E-state index in [1.807, 2.05) is 60.0 Å². The van der Waals surface area contributed by atoms with Gasteiger partial charge in [-0.1, -0.05) is 30.3 Å². The van der Waals surface area contributed by atoms with E-state index in [0.717, 1.165) is 16.6 Å². The molecule has 1 amide bonds. The molecular formula is C22H19N3O2. The van der Waals surface area contributed by atoms with Gasteiger partial charge < -0.3 is 9.88 Å². The molecule has 5 heteroatoms. The molecule has 5 nitrogen and oxygen atoms in total. The molecule has 0 fully saturated rings. The molecule has 1 atom stereocenters. The minimum atomic E-state index is -0.150.